The maximum absolute atomic E-state index is 15.1. The Kier molecular flexibility index (Phi) is 8.51. The molecule has 3 fully saturated rings. The van der Waals surface area contributed by atoms with Gasteiger partial charge in [0.15, 0.2) is 0 Å². The van der Waals surface area contributed by atoms with Gasteiger partial charge in [-0.3, -0.25) is 9.59 Å². The van der Waals surface area contributed by atoms with Gasteiger partial charge in [0.2, 0.25) is 11.8 Å². The van der Waals surface area contributed by atoms with Crippen LogP contribution in [0.1, 0.15) is 75.3 Å². The van der Waals surface area contributed by atoms with Gasteiger partial charge >= 0.3 is 0 Å². The van der Waals surface area contributed by atoms with E-state index < -0.39 is 10.8 Å². The number of halogens is 2. The minimum atomic E-state index is -0.834. The molecule has 2 amide bonds. The first-order valence-electron chi connectivity index (χ1n) is 14.5. The second-order valence-electron chi connectivity index (χ2n) is 11.9. The highest BCUT2D eigenvalue weighted by Crippen LogP contribution is 2.45. The first kappa shape index (κ1) is 27.9. The molecule has 210 valence electrons. The summed E-state index contributed by atoms with van der Waals surface area (Å²) in [5, 5.41) is 0.682. The number of hydrogen-bond acceptors (Lipinski definition) is 3. The third-order valence-corrected chi connectivity index (χ3v) is 9.54. The van der Waals surface area contributed by atoms with Gasteiger partial charge in [0, 0.05) is 48.6 Å². The predicted molar refractivity (Wildman–Crippen MR) is 152 cm³/mol. The number of ether oxygens (including phenoxy) is 1. The average Bonchev–Trinajstić information content (AvgIpc) is 3.45. The maximum Gasteiger partial charge on any atom is 0.233 e. The van der Waals surface area contributed by atoms with E-state index >= 15 is 4.39 Å². The number of nitrogens with zero attached hydrogens (tertiary/aromatic N) is 2. The van der Waals surface area contributed by atoms with Crippen LogP contribution in [-0.4, -0.2) is 54.4 Å². The predicted octanol–water partition coefficient (Wildman–Crippen LogP) is 6.69. The molecule has 0 radical (unpaired) electrons. The van der Waals surface area contributed by atoms with Crippen molar-refractivity contribution >= 4 is 23.4 Å². The van der Waals surface area contributed by atoms with E-state index in [-0.39, 0.29) is 17.6 Å². The number of aryl methyl sites for hydroxylation is 1. The highest BCUT2D eigenvalue weighted by atomic mass is 35.5. The SMILES string of the molecule is Cc1cc(OCC2(CC(=O)N3CCCCC3)CCCN(C(=O)C3(c4ccccc4F)CCCC3)C2)ccc1Cl. The van der Waals surface area contributed by atoms with E-state index in [0.29, 0.717) is 55.3 Å². The molecule has 2 aromatic carbocycles. The molecule has 2 saturated heterocycles. The second kappa shape index (κ2) is 11.9. The summed E-state index contributed by atoms with van der Waals surface area (Å²) in [6, 6.07) is 12.3. The second-order valence-corrected chi connectivity index (χ2v) is 12.3. The zero-order valence-electron chi connectivity index (χ0n) is 23.0. The molecule has 0 bridgehead atoms. The van der Waals surface area contributed by atoms with Crippen molar-refractivity contribution in [2.24, 2.45) is 5.41 Å². The molecular formula is C32H40ClFN2O3. The number of carbonyl (C=O) groups is 2. The van der Waals surface area contributed by atoms with Crippen LogP contribution in [0.3, 0.4) is 0 Å². The van der Waals surface area contributed by atoms with Crippen molar-refractivity contribution in [2.45, 2.75) is 76.5 Å². The van der Waals surface area contributed by atoms with E-state index in [4.69, 9.17) is 16.3 Å². The van der Waals surface area contributed by atoms with Gasteiger partial charge < -0.3 is 14.5 Å². The molecule has 1 atom stereocenters. The Morgan fingerprint density at radius 1 is 0.923 bits per heavy atom. The molecule has 0 spiro atoms. The number of piperidine rings is 2. The summed E-state index contributed by atoms with van der Waals surface area (Å²) >= 11 is 6.23. The smallest absolute Gasteiger partial charge is 0.233 e. The lowest BCUT2D eigenvalue weighted by Crippen LogP contribution is -2.55. The monoisotopic (exact) mass is 554 g/mol. The van der Waals surface area contributed by atoms with E-state index in [1.165, 1.54) is 6.07 Å². The Morgan fingerprint density at radius 3 is 2.36 bits per heavy atom. The molecule has 5 nitrogen and oxygen atoms in total. The van der Waals surface area contributed by atoms with Gasteiger partial charge in [0.25, 0.3) is 0 Å². The lowest BCUT2D eigenvalue weighted by Gasteiger charge is -2.46. The van der Waals surface area contributed by atoms with Crippen molar-refractivity contribution in [1.29, 1.82) is 0 Å². The Morgan fingerprint density at radius 2 is 1.64 bits per heavy atom. The van der Waals surface area contributed by atoms with Crippen LogP contribution < -0.4 is 4.74 Å². The minimum Gasteiger partial charge on any atom is -0.493 e. The lowest BCUT2D eigenvalue weighted by molar-refractivity contribution is -0.145. The summed E-state index contributed by atoms with van der Waals surface area (Å²) in [4.78, 5) is 31.8. The number of likely N-dealkylation sites (tertiary alicyclic amines) is 2. The molecule has 5 rings (SSSR count). The van der Waals surface area contributed by atoms with Gasteiger partial charge in [-0.15, -0.1) is 0 Å². The third kappa shape index (κ3) is 5.96. The van der Waals surface area contributed by atoms with E-state index in [1.54, 1.807) is 12.1 Å². The molecule has 3 aliphatic rings. The van der Waals surface area contributed by atoms with Gasteiger partial charge in [-0.2, -0.15) is 0 Å². The average molecular weight is 555 g/mol. The quantitative estimate of drug-likeness (QED) is 0.383. The summed E-state index contributed by atoms with van der Waals surface area (Å²) in [5.74, 6) is 0.549. The molecule has 0 N–H and O–H groups in total. The number of benzene rings is 2. The molecule has 39 heavy (non-hydrogen) atoms. The first-order chi connectivity index (χ1) is 18.8. The van der Waals surface area contributed by atoms with E-state index in [1.807, 2.05) is 41.0 Å². The van der Waals surface area contributed by atoms with Crippen molar-refractivity contribution in [1.82, 2.24) is 9.80 Å². The Balaban J connectivity index is 1.41. The number of hydrogen-bond donors (Lipinski definition) is 0. The normalized spacial score (nSPS) is 23.1. The van der Waals surface area contributed by atoms with Crippen LogP contribution in [0, 0.1) is 18.2 Å². The number of rotatable bonds is 7. The minimum absolute atomic E-state index is 0.00179. The van der Waals surface area contributed by atoms with Crippen LogP contribution in [0.4, 0.5) is 4.39 Å². The Hall–Kier alpha value is -2.60. The summed E-state index contributed by atoms with van der Waals surface area (Å²) in [5.41, 5.74) is 0.104. The fourth-order valence-corrected chi connectivity index (χ4v) is 7.06. The number of amides is 2. The zero-order chi connectivity index (χ0) is 27.5. The summed E-state index contributed by atoms with van der Waals surface area (Å²) in [6.45, 7) is 4.93. The fourth-order valence-electron chi connectivity index (χ4n) is 6.94. The molecular weight excluding hydrogens is 515 g/mol. The van der Waals surface area contributed by atoms with Crippen molar-refractivity contribution in [3.63, 3.8) is 0 Å². The summed E-state index contributed by atoms with van der Waals surface area (Å²) in [6.07, 6.45) is 8.30. The molecule has 1 unspecified atom stereocenters. The van der Waals surface area contributed by atoms with Crippen LogP contribution in [-0.2, 0) is 15.0 Å². The van der Waals surface area contributed by atoms with Gasteiger partial charge in [0.05, 0.1) is 12.0 Å². The number of carbonyl (C=O) groups excluding carboxylic acids is 2. The van der Waals surface area contributed by atoms with Gasteiger partial charge in [-0.25, -0.2) is 4.39 Å². The molecule has 2 heterocycles. The van der Waals surface area contributed by atoms with E-state index in [0.717, 1.165) is 63.6 Å². The zero-order valence-corrected chi connectivity index (χ0v) is 23.8. The van der Waals surface area contributed by atoms with Crippen LogP contribution in [0.5, 0.6) is 5.75 Å². The largest absolute Gasteiger partial charge is 0.493 e. The molecule has 0 aromatic heterocycles. The van der Waals surface area contributed by atoms with E-state index in [2.05, 4.69) is 0 Å². The van der Waals surface area contributed by atoms with Crippen LogP contribution in [0.15, 0.2) is 42.5 Å². The fraction of sp³-hybridized carbons (Fsp3) is 0.562. The molecule has 2 aromatic rings. The molecule has 2 aliphatic heterocycles. The lowest BCUT2D eigenvalue weighted by atomic mass is 9.73. The van der Waals surface area contributed by atoms with Crippen molar-refractivity contribution < 1.29 is 18.7 Å². The van der Waals surface area contributed by atoms with Crippen LogP contribution in [0.2, 0.25) is 5.02 Å². The van der Waals surface area contributed by atoms with Gasteiger partial charge in [-0.05, 0) is 81.7 Å². The highest BCUT2D eigenvalue weighted by Gasteiger charge is 2.49. The van der Waals surface area contributed by atoms with Crippen molar-refractivity contribution in [3.8, 4) is 5.75 Å². The van der Waals surface area contributed by atoms with E-state index in [9.17, 15) is 9.59 Å². The molecule has 1 saturated carbocycles. The Bertz CT molecular complexity index is 1190. The third-order valence-electron chi connectivity index (χ3n) is 9.11. The van der Waals surface area contributed by atoms with Gasteiger partial charge in [-0.1, -0.05) is 42.6 Å². The Labute approximate surface area is 236 Å². The van der Waals surface area contributed by atoms with Crippen LogP contribution >= 0.6 is 11.6 Å². The summed E-state index contributed by atoms with van der Waals surface area (Å²) < 4.78 is 21.4. The van der Waals surface area contributed by atoms with Crippen LogP contribution in [0.25, 0.3) is 0 Å². The maximum atomic E-state index is 15.1. The highest BCUT2D eigenvalue weighted by molar-refractivity contribution is 6.31. The van der Waals surface area contributed by atoms with Crippen molar-refractivity contribution in [3.05, 3.63) is 64.4 Å². The molecule has 1 aliphatic carbocycles. The van der Waals surface area contributed by atoms with Crippen molar-refractivity contribution in [2.75, 3.05) is 32.8 Å². The molecule has 7 heteroatoms. The topological polar surface area (TPSA) is 49.9 Å². The summed E-state index contributed by atoms with van der Waals surface area (Å²) in [7, 11) is 0. The van der Waals surface area contributed by atoms with Gasteiger partial charge in [0.1, 0.15) is 11.6 Å². The first-order valence-corrected chi connectivity index (χ1v) is 14.9. The standard InChI is InChI=1S/C32H40ClFN2O3/c1-24-20-25(12-13-27(24)33)39-23-31(21-29(37)35-17-7-2-8-18-35)14-9-19-36(22-31)30(38)32(15-5-6-16-32)26-10-3-4-11-28(26)34/h3-4,10-13,20H,2,5-9,14-19,21-23H2,1H3.